The zero-order valence-electron chi connectivity index (χ0n) is 24.6. The van der Waals surface area contributed by atoms with Gasteiger partial charge in [0, 0.05) is 41.1 Å². The van der Waals surface area contributed by atoms with Crippen LogP contribution in [0.25, 0.3) is 0 Å². The Labute approximate surface area is 242 Å². The highest BCUT2D eigenvalue weighted by Crippen LogP contribution is 2.48. The minimum atomic E-state index is -4.34. The van der Waals surface area contributed by atoms with Crippen LogP contribution in [0, 0.1) is 6.92 Å². The maximum Gasteiger partial charge on any atom is 0.356 e. The molecule has 0 aromatic heterocycles. The van der Waals surface area contributed by atoms with Crippen molar-refractivity contribution < 1.29 is 28.8 Å². The molecule has 2 aromatic carbocycles. The number of hydrogen-bond acceptors (Lipinski definition) is 3. The Balaban J connectivity index is 1.55. The lowest BCUT2D eigenvalue weighted by Gasteiger charge is -2.25. The molecule has 41 heavy (non-hydrogen) atoms. The van der Waals surface area contributed by atoms with Gasteiger partial charge in [0.25, 0.3) is 0 Å². The van der Waals surface area contributed by atoms with Gasteiger partial charge in [-0.2, -0.15) is 4.58 Å². The summed E-state index contributed by atoms with van der Waals surface area (Å²) in [5.74, 6) is -0.816. The lowest BCUT2D eigenvalue weighted by molar-refractivity contribution is -0.436. The number of carboxylic acids is 1. The summed E-state index contributed by atoms with van der Waals surface area (Å²) < 4.78 is 14.0. The predicted octanol–water partition coefficient (Wildman–Crippen LogP) is 6.02. The van der Waals surface area contributed by atoms with Crippen molar-refractivity contribution in [1.29, 1.82) is 0 Å². The van der Waals surface area contributed by atoms with Gasteiger partial charge in [0.15, 0.2) is 12.3 Å². The fraction of sp³-hybridized carbons (Fsp3) is 0.333. The summed E-state index contributed by atoms with van der Waals surface area (Å²) >= 11 is 0. The number of carbonyl (C=O) groups is 1. The summed E-state index contributed by atoms with van der Waals surface area (Å²) in [6.07, 6.45) is 14.0. The number of carboxylic acid groups (broad SMARTS) is 1. The molecule has 216 valence electrons. The summed E-state index contributed by atoms with van der Waals surface area (Å²) in [7, 11) is -4.34. The molecular formula is C33H40N2O5P+. The van der Waals surface area contributed by atoms with Crippen LogP contribution in [0.15, 0.2) is 84.6 Å². The number of fused-ring (bicyclic) bond motifs is 2. The van der Waals surface area contributed by atoms with Crippen molar-refractivity contribution in [3.63, 3.8) is 0 Å². The molecule has 2 aromatic rings. The molecule has 0 saturated carbocycles. The van der Waals surface area contributed by atoms with Crippen molar-refractivity contribution in [2.45, 2.75) is 58.8 Å². The molecule has 3 N–H and O–H groups in total. The predicted molar refractivity (Wildman–Crippen MR) is 166 cm³/mol. The van der Waals surface area contributed by atoms with Crippen LogP contribution in [0.3, 0.4) is 0 Å². The second-order valence-corrected chi connectivity index (χ2v) is 13.2. The molecule has 0 radical (unpaired) electrons. The number of allylic oxidation sites excluding steroid dienone is 8. The fourth-order valence-electron chi connectivity index (χ4n) is 5.91. The van der Waals surface area contributed by atoms with Gasteiger partial charge >= 0.3 is 13.6 Å². The van der Waals surface area contributed by atoms with Crippen molar-refractivity contribution in [3.8, 4) is 0 Å². The van der Waals surface area contributed by atoms with Crippen LogP contribution < -0.4 is 10.2 Å². The van der Waals surface area contributed by atoms with Gasteiger partial charge in [0.2, 0.25) is 5.69 Å². The Morgan fingerprint density at radius 2 is 1.63 bits per heavy atom. The molecular weight excluding hydrogens is 535 g/mol. The fourth-order valence-corrected chi connectivity index (χ4v) is 6.47. The molecule has 2 aliphatic rings. The Kier molecular flexibility index (Phi) is 8.47. The van der Waals surface area contributed by atoms with Crippen molar-refractivity contribution in [2.75, 3.05) is 18.0 Å². The number of hydrogen-bond donors (Lipinski definition) is 3. The molecule has 0 saturated heterocycles. The van der Waals surface area contributed by atoms with E-state index in [0.717, 1.165) is 34.9 Å². The highest BCUT2D eigenvalue weighted by atomic mass is 31.2. The van der Waals surface area contributed by atoms with Crippen LogP contribution in [0.5, 0.6) is 0 Å². The molecule has 4 rings (SSSR count). The molecule has 8 heteroatoms. The zero-order valence-corrected chi connectivity index (χ0v) is 25.5. The molecule has 0 atom stereocenters. The van der Waals surface area contributed by atoms with E-state index < -0.39 is 19.0 Å². The Hall–Kier alpha value is -3.51. The summed E-state index contributed by atoms with van der Waals surface area (Å²) in [6, 6.07) is 11.3. The van der Waals surface area contributed by atoms with E-state index >= 15 is 0 Å². The first-order valence-electron chi connectivity index (χ1n) is 13.9. The topological polar surface area (TPSA) is 101 Å². The van der Waals surface area contributed by atoms with Gasteiger partial charge in [0.05, 0.1) is 10.7 Å². The monoisotopic (exact) mass is 575 g/mol. The molecule has 0 unspecified atom stereocenters. The Morgan fingerprint density at radius 1 is 0.951 bits per heavy atom. The van der Waals surface area contributed by atoms with E-state index in [0.29, 0.717) is 6.54 Å². The average molecular weight is 576 g/mol. The van der Waals surface area contributed by atoms with Crippen molar-refractivity contribution in [1.82, 2.24) is 0 Å². The summed E-state index contributed by atoms with van der Waals surface area (Å²) in [5, 5.41) is 9.34. The number of likely N-dealkylation sites (N-methyl/N-ethyl adjacent to an activating group) is 1. The maximum absolute atomic E-state index is 11.9. The minimum absolute atomic E-state index is 0.0370. The van der Waals surface area contributed by atoms with Gasteiger partial charge < -0.3 is 19.8 Å². The van der Waals surface area contributed by atoms with Gasteiger partial charge in [0.1, 0.15) is 6.42 Å². The molecule has 0 bridgehead atoms. The number of nitrogens with zero attached hydrogens (tertiary/aromatic N) is 2. The summed E-state index contributed by atoms with van der Waals surface area (Å²) in [5.41, 5.74) is 6.76. The molecule has 0 fully saturated rings. The van der Waals surface area contributed by atoms with E-state index in [1.807, 2.05) is 30.4 Å². The molecule has 0 spiro atoms. The third kappa shape index (κ3) is 5.94. The highest BCUT2D eigenvalue weighted by molar-refractivity contribution is 7.60. The third-order valence-electron chi connectivity index (χ3n) is 8.08. The molecule has 7 nitrogen and oxygen atoms in total. The summed E-state index contributed by atoms with van der Waals surface area (Å²) in [4.78, 5) is 32.9. The maximum atomic E-state index is 11.9. The van der Waals surface area contributed by atoms with Gasteiger partial charge in [-0.1, -0.05) is 55.9 Å². The standard InChI is InChI=1S/C33H39N2O5P/c1-7-34-27-18-16-24(41(38,39)40)22-26(27)33(5,6)29(34)13-11-9-8-10-12-14-30-32(3,4)25-21-23(2)15-17-28(25)35(30)20-19-31(36)37/h8-18,21-22H,7,19-20H2,1-6H3,(H2-,36,37,38,39,40)/p+1. The molecule has 0 amide bonds. The Bertz CT molecular complexity index is 1570. The Morgan fingerprint density at radius 3 is 2.29 bits per heavy atom. The number of aryl methyl sites for hydroxylation is 1. The second-order valence-electron chi connectivity index (χ2n) is 11.6. The van der Waals surface area contributed by atoms with Gasteiger partial charge in [-0.05, 0) is 63.6 Å². The molecule has 2 aliphatic heterocycles. The minimum Gasteiger partial charge on any atom is -0.481 e. The van der Waals surface area contributed by atoms with Crippen molar-refractivity contribution in [3.05, 3.63) is 101 Å². The molecule has 2 heterocycles. The van der Waals surface area contributed by atoms with Crippen LogP contribution in [0.4, 0.5) is 11.4 Å². The van der Waals surface area contributed by atoms with Crippen LogP contribution >= 0.6 is 7.60 Å². The van der Waals surface area contributed by atoms with Gasteiger partial charge in [-0.25, -0.2) is 0 Å². The number of rotatable bonds is 9. The average Bonchev–Trinajstić information content (AvgIpc) is 3.24. The second kappa shape index (κ2) is 11.4. The third-order valence-corrected chi connectivity index (χ3v) is 9.03. The first-order chi connectivity index (χ1) is 19.2. The smallest absolute Gasteiger partial charge is 0.356 e. The van der Waals surface area contributed by atoms with E-state index in [-0.39, 0.29) is 17.1 Å². The normalized spacial score (nSPS) is 18.8. The molecule has 0 aliphatic carbocycles. The van der Waals surface area contributed by atoms with E-state index in [9.17, 15) is 24.3 Å². The van der Waals surface area contributed by atoms with Crippen LogP contribution in [0.1, 0.15) is 57.7 Å². The van der Waals surface area contributed by atoms with Crippen molar-refractivity contribution >= 4 is 36.0 Å². The van der Waals surface area contributed by atoms with E-state index in [2.05, 4.69) is 81.4 Å². The van der Waals surface area contributed by atoms with E-state index in [1.165, 1.54) is 17.2 Å². The zero-order chi connectivity index (χ0) is 30.2. The van der Waals surface area contributed by atoms with Gasteiger partial charge in [-0.15, -0.1) is 0 Å². The number of aliphatic carboxylic acids is 1. The van der Waals surface area contributed by atoms with Crippen molar-refractivity contribution in [2.24, 2.45) is 0 Å². The van der Waals surface area contributed by atoms with Gasteiger partial charge in [-0.3, -0.25) is 9.36 Å². The van der Waals surface area contributed by atoms with Crippen LogP contribution in [-0.4, -0.2) is 44.2 Å². The first kappa shape index (κ1) is 30.4. The SMILES string of the molecule is CCN1/C(=C/C=C/C=C/C=C/C2=[N+](CCC(=O)O)c3ccc(C)cc3C2(C)C)C(C)(C)c2cc(P(=O)(O)O)ccc21. The van der Waals surface area contributed by atoms with E-state index in [1.54, 1.807) is 12.1 Å². The lowest BCUT2D eigenvalue weighted by atomic mass is 9.81. The van der Waals surface area contributed by atoms with Crippen LogP contribution in [0.2, 0.25) is 0 Å². The number of anilines is 1. The lowest BCUT2D eigenvalue weighted by Crippen LogP contribution is -2.28. The first-order valence-corrected chi connectivity index (χ1v) is 15.5. The highest BCUT2D eigenvalue weighted by Gasteiger charge is 2.44. The van der Waals surface area contributed by atoms with Crippen LogP contribution in [-0.2, 0) is 20.2 Å². The summed E-state index contributed by atoms with van der Waals surface area (Å²) in [6.45, 7) is 13.8. The van der Waals surface area contributed by atoms with E-state index in [4.69, 9.17) is 0 Å². The largest absolute Gasteiger partial charge is 0.481 e. The quantitative estimate of drug-likeness (QED) is 0.192. The number of benzene rings is 2.